The van der Waals surface area contributed by atoms with Crippen LogP contribution in [0.1, 0.15) is 38.5 Å². The number of piperidine rings is 3. The first-order chi connectivity index (χ1) is 15.9. The Morgan fingerprint density at radius 1 is 0.844 bits per heavy atom. The Kier molecular flexibility index (Phi) is 5.23. The molecule has 7 rings (SSSR count). The summed E-state index contributed by atoms with van der Waals surface area (Å²) < 4.78 is 0. The van der Waals surface area contributed by atoms with E-state index in [0.717, 1.165) is 34.7 Å². The van der Waals surface area contributed by atoms with Crippen LogP contribution in [0.3, 0.4) is 0 Å². The molecule has 0 aromatic heterocycles. The lowest BCUT2D eigenvalue weighted by molar-refractivity contribution is 0.256. The second-order valence-corrected chi connectivity index (χ2v) is 14.9. The van der Waals surface area contributed by atoms with Gasteiger partial charge in [-0.15, -0.1) is 0 Å². The molecule has 0 aliphatic carbocycles. The summed E-state index contributed by atoms with van der Waals surface area (Å²) in [5.74, 6) is 3.22. The van der Waals surface area contributed by atoms with Crippen molar-refractivity contribution in [3.8, 4) is 0 Å². The largest absolute Gasteiger partial charge is 0.316 e. The molecule has 6 heteroatoms. The van der Waals surface area contributed by atoms with Crippen LogP contribution in [0.2, 0.25) is 11.6 Å². The van der Waals surface area contributed by atoms with Crippen molar-refractivity contribution in [3.63, 3.8) is 0 Å². The molecular weight excluding hydrogens is 411 g/mol. The SMILES string of the molecule is c1ccc(B2C3CCCN=C3S3(C4CCNCC4C4CNCCC43)C3NCCCC23)cc1. The van der Waals surface area contributed by atoms with Gasteiger partial charge in [0.25, 0.3) is 0 Å². The van der Waals surface area contributed by atoms with Gasteiger partial charge < -0.3 is 16.0 Å². The van der Waals surface area contributed by atoms with E-state index in [1.54, 1.807) is 10.5 Å². The number of rotatable bonds is 1. The van der Waals surface area contributed by atoms with Crippen LogP contribution in [0, 0.1) is 11.8 Å². The van der Waals surface area contributed by atoms with E-state index in [0.29, 0.717) is 17.9 Å². The van der Waals surface area contributed by atoms with Gasteiger partial charge in [-0.25, -0.2) is 0 Å². The van der Waals surface area contributed by atoms with Crippen molar-refractivity contribution in [2.75, 3.05) is 39.3 Å². The molecule has 7 unspecified atom stereocenters. The van der Waals surface area contributed by atoms with Crippen LogP contribution in [-0.2, 0) is 0 Å². The number of hydrogen-bond donors (Lipinski definition) is 3. The molecule has 0 amide bonds. The summed E-state index contributed by atoms with van der Waals surface area (Å²) in [6.45, 7) is 7.93. The summed E-state index contributed by atoms with van der Waals surface area (Å²) in [6, 6.07) is 11.6. The van der Waals surface area contributed by atoms with E-state index in [2.05, 4.69) is 46.3 Å². The lowest BCUT2D eigenvalue weighted by Gasteiger charge is -2.64. The fourth-order valence-electron chi connectivity index (χ4n) is 9.16. The molecule has 1 aromatic rings. The van der Waals surface area contributed by atoms with Gasteiger partial charge in [0.05, 0.1) is 0 Å². The second-order valence-electron chi connectivity index (χ2n) is 11.2. The van der Waals surface area contributed by atoms with Crippen molar-refractivity contribution >= 4 is 27.2 Å². The Hall–Kier alpha value is -0.815. The van der Waals surface area contributed by atoms with Crippen LogP contribution >= 0.6 is 10.0 Å². The molecule has 0 saturated carbocycles. The van der Waals surface area contributed by atoms with Crippen molar-refractivity contribution in [2.24, 2.45) is 16.8 Å². The normalized spacial score (nSPS) is 47.4. The Labute approximate surface area is 195 Å². The smallest absolute Gasteiger partial charge is 0.191 e. The van der Waals surface area contributed by atoms with E-state index in [1.165, 1.54) is 71.2 Å². The average molecular weight is 451 g/mol. The molecule has 1 aromatic carbocycles. The maximum absolute atomic E-state index is 5.61. The molecule has 6 aliphatic heterocycles. The Morgan fingerprint density at radius 3 is 2.34 bits per heavy atom. The van der Waals surface area contributed by atoms with Crippen LogP contribution in [0.4, 0.5) is 0 Å². The van der Waals surface area contributed by atoms with Gasteiger partial charge in [-0.1, -0.05) is 42.2 Å². The number of aliphatic imine (C=N–C) groups is 1. The van der Waals surface area contributed by atoms with Gasteiger partial charge in [-0.05, 0) is 88.3 Å². The number of hydrogen-bond acceptors (Lipinski definition) is 4. The predicted molar refractivity (Wildman–Crippen MR) is 139 cm³/mol. The molecule has 7 atom stereocenters. The second kappa shape index (κ2) is 8.14. The fraction of sp³-hybridized carbons (Fsp3) is 0.731. The molecule has 6 heterocycles. The molecule has 172 valence electrons. The molecule has 5 saturated heterocycles. The lowest BCUT2D eigenvalue weighted by Crippen LogP contribution is -2.63. The van der Waals surface area contributed by atoms with Crippen LogP contribution in [-0.4, -0.2) is 66.9 Å². The molecule has 4 nitrogen and oxygen atoms in total. The van der Waals surface area contributed by atoms with E-state index in [4.69, 9.17) is 4.99 Å². The molecule has 32 heavy (non-hydrogen) atoms. The highest BCUT2D eigenvalue weighted by molar-refractivity contribution is 8.47. The third-order valence-corrected chi connectivity index (χ3v) is 15.7. The first kappa shape index (κ1) is 20.5. The van der Waals surface area contributed by atoms with Crippen molar-refractivity contribution < 1.29 is 0 Å². The Morgan fingerprint density at radius 2 is 1.59 bits per heavy atom. The maximum atomic E-state index is 5.61. The summed E-state index contributed by atoms with van der Waals surface area (Å²) >= 11 is 0. The third kappa shape index (κ3) is 2.79. The third-order valence-electron chi connectivity index (χ3n) is 10.0. The van der Waals surface area contributed by atoms with Gasteiger partial charge >= 0.3 is 0 Å². The summed E-state index contributed by atoms with van der Waals surface area (Å²) in [6.07, 6.45) is 8.22. The van der Waals surface area contributed by atoms with Crippen molar-refractivity contribution in [3.05, 3.63) is 30.3 Å². The summed E-state index contributed by atoms with van der Waals surface area (Å²) in [5.41, 5.74) is 1.60. The van der Waals surface area contributed by atoms with Gasteiger partial charge in [-0.3, -0.25) is 4.99 Å². The first-order valence-electron chi connectivity index (χ1n) is 13.4. The highest BCUT2D eigenvalue weighted by Gasteiger charge is 2.68. The maximum Gasteiger partial charge on any atom is 0.191 e. The Bertz CT molecular complexity index is 856. The first-order valence-corrected chi connectivity index (χ1v) is 15.3. The molecule has 3 N–H and O–H groups in total. The van der Waals surface area contributed by atoms with E-state index >= 15 is 0 Å². The molecule has 1 spiro atoms. The molecular formula is C26H39BN4S. The van der Waals surface area contributed by atoms with Gasteiger partial charge in [0.15, 0.2) is 6.71 Å². The standard InChI is InChI=1S/C26H39BN4S/c1-2-6-18(7-3-1)27-21-8-4-12-30-25(21)32(26-22(27)9-5-13-31-26)23-10-14-28-16-19(23)20-17-29-15-11-24(20)32/h1-3,6-7,19-25,28-30H,4-5,8-17H2. The van der Waals surface area contributed by atoms with E-state index in [1.807, 2.05) is 0 Å². The van der Waals surface area contributed by atoms with E-state index in [-0.39, 0.29) is 0 Å². The zero-order chi connectivity index (χ0) is 21.1. The van der Waals surface area contributed by atoms with Gasteiger partial charge in [0.2, 0.25) is 0 Å². The summed E-state index contributed by atoms with van der Waals surface area (Å²) in [5, 5.41) is 16.2. The fourth-order valence-corrected chi connectivity index (χ4v) is 16.4. The van der Waals surface area contributed by atoms with Crippen molar-refractivity contribution in [2.45, 2.75) is 66.0 Å². The lowest BCUT2D eigenvalue weighted by atomic mass is 9.29. The van der Waals surface area contributed by atoms with Crippen molar-refractivity contribution in [1.29, 1.82) is 0 Å². The quantitative estimate of drug-likeness (QED) is 0.577. The Balaban J connectivity index is 1.43. The molecule has 6 aliphatic rings. The topological polar surface area (TPSA) is 48.5 Å². The zero-order valence-corrected chi connectivity index (χ0v) is 20.2. The van der Waals surface area contributed by atoms with Crippen LogP contribution < -0.4 is 21.4 Å². The number of fused-ring (bicyclic) bond motifs is 9. The number of benzene rings is 1. The minimum Gasteiger partial charge on any atom is -0.316 e. The minimum absolute atomic E-state index is 0.673. The number of nitrogens with one attached hydrogen (secondary N) is 3. The number of nitrogens with zero attached hydrogens (tertiary/aromatic N) is 1. The molecule has 5 fully saturated rings. The van der Waals surface area contributed by atoms with E-state index in [9.17, 15) is 0 Å². The highest BCUT2D eigenvalue weighted by Crippen LogP contribution is 2.79. The molecule has 0 radical (unpaired) electrons. The van der Waals surface area contributed by atoms with Crippen LogP contribution in [0.25, 0.3) is 0 Å². The van der Waals surface area contributed by atoms with Gasteiger partial charge in [0, 0.05) is 27.5 Å². The van der Waals surface area contributed by atoms with Gasteiger partial charge in [-0.2, -0.15) is 10.0 Å². The van der Waals surface area contributed by atoms with Crippen LogP contribution in [0.15, 0.2) is 35.3 Å². The summed E-state index contributed by atoms with van der Waals surface area (Å²) in [4.78, 5) is 5.61. The average Bonchev–Trinajstić information content (AvgIpc) is 3.16. The summed E-state index contributed by atoms with van der Waals surface area (Å²) in [7, 11) is -0.948. The predicted octanol–water partition coefficient (Wildman–Crippen LogP) is 2.82. The minimum atomic E-state index is -0.948. The molecule has 0 bridgehead atoms. The highest BCUT2D eigenvalue weighted by atomic mass is 32.3. The van der Waals surface area contributed by atoms with Crippen molar-refractivity contribution in [1.82, 2.24) is 16.0 Å². The zero-order valence-electron chi connectivity index (χ0n) is 19.3. The van der Waals surface area contributed by atoms with Gasteiger partial charge in [0.1, 0.15) is 0 Å². The monoisotopic (exact) mass is 450 g/mol. The van der Waals surface area contributed by atoms with E-state index < -0.39 is 10.0 Å². The van der Waals surface area contributed by atoms with Crippen LogP contribution in [0.5, 0.6) is 0 Å².